The number of likely N-dealkylation sites (tertiary alicyclic amines) is 1. The Balaban J connectivity index is 1.94. The van der Waals surface area contributed by atoms with Gasteiger partial charge >= 0.3 is 0 Å². The summed E-state index contributed by atoms with van der Waals surface area (Å²) in [6.45, 7) is 2.46. The molecule has 1 fully saturated rings. The van der Waals surface area contributed by atoms with Crippen molar-refractivity contribution in [2.24, 2.45) is 5.92 Å². The summed E-state index contributed by atoms with van der Waals surface area (Å²) in [5.41, 5.74) is 7.96. The number of anilines is 1. The number of nitrogen functional groups attached to an aromatic ring is 1. The minimum absolute atomic E-state index is 0.840. The smallest absolute Gasteiger partial charge is 0.0316 e. The van der Waals surface area contributed by atoms with Gasteiger partial charge in [0, 0.05) is 18.8 Å². The van der Waals surface area contributed by atoms with E-state index in [1.54, 1.807) is 0 Å². The van der Waals surface area contributed by atoms with Gasteiger partial charge in [0.25, 0.3) is 0 Å². The first-order valence-corrected chi connectivity index (χ1v) is 4.77. The number of nitrogens with two attached hydrogens (primary N) is 1. The summed E-state index contributed by atoms with van der Waals surface area (Å²) in [5.74, 6) is 0.840. The highest BCUT2D eigenvalue weighted by atomic mass is 15.2. The van der Waals surface area contributed by atoms with Crippen LogP contribution in [0.2, 0.25) is 0 Å². The molecule has 0 bridgehead atoms. The Hall–Kier alpha value is -1.02. The summed E-state index contributed by atoms with van der Waals surface area (Å²) in [5, 5.41) is 0. The molecule has 1 aliphatic heterocycles. The Morgan fingerprint density at radius 2 is 2.23 bits per heavy atom. The van der Waals surface area contributed by atoms with Gasteiger partial charge in [-0.25, -0.2) is 0 Å². The maximum Gasteiger partial charge on any atom is 0.0316 e. The third-order valence-electron chi connectivity index (χ3n) is 2.62. The second kappa shape index (κ2) is 3.38. The van der Waals surface area contributed by atoms with E-state index in [-0.39, 0.29) is 0 Å². The number of rotatable bonds is 2. The lowest BCUT2D eigenvalue weighted by Crippen LogP contribution is -2.44. The number of hydrogen-bond donors (Lipinski definition) is 1. The average molecular weight is 176 g/mol. The van der Waals surface area contributed by atoms with Gasteiger partial charge in [-0.1, -0.05) is 12.1 Å². The second-order valence-electron chi connectivity index (χ2n) is 4.04. The molecule has 1 aromatic rings. The van der Waals surface area contributed by atoms with Crippen LogP contribution in [-0.4, -0.2) is 25.0 Å². The Morgan fingerprint density at radius 3 is 2.85 bits per heavy atom. The Bertz CT molecular complexity index is 290. The van der Waals surface area contributed by atoms with Crippen LogP contribution in [0.15, 0.2) is 24.3 Å². The van der Waals surface area contributed by atoms with E-state index < -0.39 is 0 Å². The molecular weight excluding hydrogens is 160 g/mol. The average Bonchev–Trinajstić information content (AvgIpc) is 2.01. The van der Waals surface area contributed by atoms with E-state index in [0.717, 1.165) is 11.6 Å². The van der Waals surface area contributed by atoms with Gasteiger partial charge in [0.1, 0.15) is 0 Å². The molecule has 2 heteroatoms. The predicted octanol–water partition coefficient (Wildman–Crippen LogP) is 1.37. The number of benzene rings is 1. The maximum atomic E-state index is 5.71. The Labute approximate surface area is 79.4 Å². The molecule has 0 aromatic heterocycles. The Morgan fingerprint density at radius 1 is 1.46 bits per heavy atom. The molecule has 0 radical (unpaired) electrons. The topological polar surface area (TPSA) is 29.3 Å². The van der Waals surface area contributed by atoms with Gasteiger partial charge in [0.05, 0.1) is 0 Å². The zero-order chi connectivity index (χ0) is 9.26. The van der Waals surface area contributed by atoms with Gasteiger partial charge in [-0.2, -0.15) is 0 Å². The third-order valence-corrected chi connectivity index (χ3v) is 2.62. The largest absolute Gasteiger partial charge is 0.399 e. The molecule has 0 saturated carbocycles. The monoisotopic (exact) mass is 176 g/mol. The molecule has 13 heavy (non-hydrogen) atoms. The fourth-order valence-electron chi connectivity index (χ4n) is 2.01. The van der Waals surface area contributed by atoms with Gasteiger partial charge in [-0.3, -0.25) is 0 Å². The molecule has 1 saturated heterocycles. The number of nitrogens with zero attached hydrogens (tertiary/aromatic N) is 1. The van der Waals surface area contributed by atoms with Crippen molar-refractivity contribution in [1.29, 1.82) is 0 Å². The summed E-state index contributed by atoms with van der Waals surface area (Å²) < 4.78 is 0. The van der Waals surface area contributed by atoms with E-state index in [1.807, 2.05) is 12.1 Å². The van der Waals surface area contributed by atoms with E-state index in [2.05, 4.69) is 24.1 Å². The second-order valence-corrected chi connectivity index (χ2v) is 4.04. The van der Waals surface area contributed by atoms with E-state index in [0.29, 0.717) is 0 Å². The van der Waals surface area contributed by atoms with Crippen molar-refractivity contribution in [3.63, 3.8) is 0 Å². The standard InChI is InChI=1S/C11H16N2/c1-13-7-10(8-13)5-9-3-2-4-11(12)6-9/h2-4,6,10H,5,7-8,12H2,1H3. The predicted molar refractivity (Wildman–Crippen MR) is 55.5 cm³/mol. The van der Waals surface area contributed by atoms with Gasteiger partial charge < -0.3 is 10.6 Å². The quantitative estimate of drug-likeness (QED) is 0.690. The van der Waals surface area contributed by atoms with Crippen LogP contribution in [0.4, 0.5) is 5.69 Å². The lowest BCUT2D eigenvalue weighted by molar-refractivity contribution is 0.134. The molecule has 2 nitrogen and oxygen atoms in total. The molecule has 1 aliphatic rings. The molecule has 0 aliphatic carbocycles. The molecule has 0 amide bonds. The highest BCUT2D eigenvalue weighted by molar-refractivity contribution is 5.40. The van der Waals surface area contributed by atoms with Crippen LogP contribution in [0, 0.1) is 5.92 Å². The van der Waals surface area contributed by atoms with Gasteiger partial charge in [-0.05, 0) is 37.1 Å². The van der Waals surface area contributed by atoms with Crippen LogP contribution in [0.5, 0.6) is 0 Å². The lowest BCUT2D eigenvalue weighted by atomic mass is 9.93. The van der Waals surface area contributed by atoms with Crippen LogP contribution in [-0.2, 0) is 6.42 Å². The van der Waals surface area contributed by atoms with Crippen molar-refractivity contribution >= 4 is 5.69 Å². The van der Waals surface area contributed by atoms with E-state index in [1.165, 1.54) is 25.1 Å². The molecule has 0 spiro atoms. The van der Waals surface area contributed by atoms with Gasteiger partial charge in [0.15, 0.2) is 0 Å². The van der Waals surface area contributed by atoms with Crippen LogP contribution < -0.4 is 5.73 Å². The summed E-state index contributed by atoms with van der Waals surface area (Å²) in [6.07, 6.45) is 1.18. The van der Waals surface area contributed by atoms with Crippen molar-refractivity contribution in [1.82, 2.24) is 4.90 Å². The minimum atomic E-state index is 0.840. The van der Waals surface area contributed by atoms with Crippen molar-refractivity contribution in [2.75, 3.05) is 25.9 Å². The van der Waals surface area contributed by atoms with Crippen LogP contribution in [0.25, 0.3) is 0 Å². The molecule has 2 N–H and O–H groups in total. The molecule has 70 valence electrons. The zero-order valence-corrected chi connectivity index (χ0v) is 8.03. The van der Waals surface area contributed by atoms with E-state index in [4.69, 9.17) is 5.73 Å². The van der Waals surface area contributed by atoms with E-state index >= 15 is 0 Å². The maximum absolute atomic E-state index is 5.71. The molecular formula is C11H16N2. The summed E-state index contributed by atoms with van der Waals surface area (Å²) in [4.78, 5) is 2.34. The molecule has 0 atom stereocenters. The Kier molecular flexibility index (Phi) is 2.23. The van der Waals surface area contributed by atoms with Gasteiger partial charge in [-0.15, -0.1) is 0 Å². The fraction of sp³-hybridized carbons (Fsp3) is 0.455. The van der Waals surface area contributed by atoms with Gasteiger partial charge in [0.2, 0.25) is 0 Å². The van der Waals surface area contributed by atoms with Crippen molar-refractivity contribution in [3.8, 4) is 0 Å². The lowest BCUT2D eigenvalue weighted by Gasteiger charge is -2.36. The first kappa shape index (κ1) is 8.57. The summed E-state index contributed by atoms with van der Waals surface area (Å²) in [6, 6.07) is 8.22. The highest BCUT2D eigenvalue weighted by Crippen LogP contribution is 2.19. The summed E-state index contributed by atoms with van der Waals surface area (Å²) >= 11 is 0. The van der Waals surface area contributed by atoms with E-state index in [9.17, 15) is 0 Å². The first-order valence-electron chi connectivity index (χ1n) is 4.77. The fourth-order valence-corrected chi connectivity index (χ4v) is 2.01. The van der Waals surface area contributed by atoms with Crippen molar-refractivity contribution < 1.29 is 0 Å². The SMILES string of the molecule is CN1CC(Cc2cccc(N)c2)C1. The van der Waals surface area contributed by atoms with Crippen molar-refractivity contribution in [2.45, 2.75) is 6.42 Å². The van der Waals surface area contributed by atoms with Crippen molar-refractivity contribution in [3.05, 3.63) is 29.8 Å². The summed E-state index contributed by atoms with van der Waals surface area (Å²) in [7, 11) is 2.16. The number of hydrogen-bond acceptors (Lipinski definition) is 2. The molecule has 1 heterocycles. The normalized spacial score (nSPS) is 18.5. The first-order chi connectivity index (χ1) is 6.24. The third kappa shape index (κ3) is 2.01. The van der Waals surface area contributed by atoms with Crippen LogP contribution >= 0.6 is 0 Å². The molecule has 1 aromatic carbocycles. The molecule has 0 unspecified atom stereocenters. The zero-order valence-electron chi connectivity index (χ0n) is 8.03. The minimum Gasteiger partial charge on any atom is -0.399 e. The highest BCUT2D eigenvalue weighted by Gasteiger charge is 2.22. The van der Waals surface area contributed by atoms with Crippen LogP contribution in [0.1, 0.15) is 5.56 Å². The molecule has 2 rings (SSSR count). The van der Waals surface area contributed by atoms with Crippen LogP contribution in [0.3, 0.4) is 0 Å².